The van der Waals surface area contributed by atoms with Crippen molar-refractivity contribution in [3.63, 3.8) is 0 Å². The van der Waals surface area contributed by atoms with E-state index in [-0.39, 0.29) is 0 Å². The van der Waals surface area contributed by atoms with Crippen LogP contribution in [-0.2, 0) is 0 Å². The third kappa shape index (κ3) is 6.34. The van der Waals surface area contributed by atoms with Crippen molar-refractivity contribution in [3.05, 3.63) is 237 Å². The number of hydrogen-bond acceptors (Lipinski definition) is 6. The molecule has 0 aliphatic heterocycles. The van der Waals surface area contributed by atoms with Gasteiger partial charge in [0.2, 0.25) is 5.95 Å². The van der Waals surface area contributed by atoms with Crippen LogP contribution in [0, 0.1) is 0 Å². The number of rotatable bonds is 6. The first kappa shape index (κ1) is 42.2. The van der Waals surface area contributed by atoms with E-state index in [2.05, 4.69) is 221 Å². The second-order valence-corrected chi connectivity index (χ2v) is 20.9. The molecule has 17 aromatic rings. The van der Waals surface area contributed by atoms with Crippen LogP contribution in [0.4, 0.5) is 0 Å². The van der Waals surface area contributed by atoms with Gasteiger partial charge in [0.1, 0.15) is 22.3 Å². The Morgan fingerprint density at radius 1 is 0.312 bits per heavy atom. The van der Waals surface area contributed by atoms with Crippen LogP contribution in [0.25, 0.3) is 164 Å². The number of para-hydroxylation sites is 5. The molecular weight excluding hydrogens is 963 g/mol. The molecule has 0 saturated carbocycles. The minimum Gasteiger partial charge on any atom is -0.456 e. The van der Waals surface area contributed by atoms with Gasteiger partial charge in [-0.05, 0) is 95.6 Å². The van der Waals surface area contributed by atoms with Crippen molar-refractivity contribution in [1.82, 2.24) is 24.1 Å². The van der Waals surface area contributed by atoms with E-state index >= 15 is 0 Å². The summed E-state index contributed by atoms with van der Waals surface area (Å²) in [5.41, 5.74) is 15.0. The average Bonchev–Trinajstić information content (AvgIpc) is 4.42. The molecule has 0 N–H and O–H groups in total. The molecule has 7 nitrogen and oxygen atoms in total. The third-order valence-corrected chi connectivity index (χ3v) is 16.8. The highest BCUT2D eigenvalue weighted by Gasteiger charge is 2.22. The second-order valence-electron chi connectivity index (χ2n) is 19.9. The molecule has 0 unspecified atom stereocenters. The molecule has 0 aliphatic carbocycles. The van der Waals surface area contributed by atoms with E-state index in [9.17, 15) is 0 Å². The number of hydrogen-bond donors (Lipinski definition) is 0. The molecule has 0 bridgehead atoms. The van der Waals surface area contributed by atoms with E-state index in [1.807, 2.05) is 24.3 Å². The van der Waals surface area contributed by atoms with Crippen LogP contribution in [-0.4, -0.2) is 24.1 Å². The van der Waals surface area contributed by atoms with Gasteiger partial charge in [-0.2, -0.15) is 9.97 Å². The van der Waals surface area contributed by atoms with Gasteiger partial charge < -0.3 is 13.4 Å². The molecule has 6 heterocycles. The fourth-order valence-corrected chi connectivity index (χ4v) is 13.3. The number of fused-ring (bicyclic) bond motifs is 15. The van der Waals surface area contributed by atoms with Crippen molar-refractivity contribution in [2.45, 2.75) is 0 Å². The molecular formula is C69H39N5O2S. The fraction of sp³-hybridized carbons (Fsp3) is 0. The van der Waals surface area contributed by atoms with Crippen LogP contribution in [0.3, 0.4) is 0 Å². The van der Waals surface area contributed by atoms with E-state index in [1.165, 1.54) is 30.9 Å². The summed E-state index contributed by atoms with van der Waals surface area (Å²) in [6.07, 6.45) is 0. The second kappa shape index (κ2) is 16.2. The van der Waals surface area contributed by atoms with Crippen molar-refractivity contribution < 1.29 is 8.83 Å². The summed E-state index contributed by atoms with van der Waals surface area (Å²) in [7, 11) is 0. The van der Waals surface area contributed by atoms with Gasteiger partial charge in [-0.25, -0.2) is 4.98 Å². The van der Waals surface area contributed by atoms with Gasteiger partial charge in [0.05, 0.1) is 22.1 Å². The van der Waals surface area contributed by atoms with Crippen molar-refractivity contribution in [1.29, 1.82) is 0 Å². The number of furan rings is 2. The first-order valence-corrected chi connectivity index (χ1v) is 26.6. The summed E-state index contributed by atoms with van der Waals surface area (Å²) in [4.78, 5) is 16.1. The van der Waals surface area contributed by atoms with Gasteiger partial charge in [-0.3, -0.25) is 4.57 Å². The highest BCUT2D eigenvalue weighted by molar-refractivity contribution is 7.25. The van der Waals surface area contributed by atoms with Gasteiger partial charge in [0.15, 0.2) is 11.6 Å². The van der Waals surface area contributed by atoms with Crippen LogP contribution >= 0.6 is 11.3 Å². The molecule has 0 spiro atoms. The molecule has 0 fully saturated rings. The Morgan fingerprint density at radius 3 is 1.68 bits per heavy atom. The van der Waals surface area contributed by atoms with Crippen LogP contribution in [0.2, 0.25) is 0 Å². The fourth-order valence-electron chi connectivity index (χ4n) is 12.1. The standard InChI is InChI=1S/C69H39N5O2S/c1-7-22-57-46(13-1)47-14-2-8-23-58(47)74(57)69-71-67(43-29-34-51-50-17-5-10-26-63(50)77-64(51)39-43)70-68(72-69)53-20-12-25-62-65(53)55-38-42(31-36-61(55)75-62)41-30-35-59-54(37-41)48-15-3-6-21-56(48)73(59)44-32-27-40(28-33-44)45-18-11-19-52-49-16-4-9-24-60(49)76-66(45)52/h1-39H. The topological polar surface area (TPSA) is 74.8 Å². The largest absolute Gasteiger partial charge is 0.456 e. The van der Waals surface area contributed by atoms with E-state index in [0.717, 1.165) is 116 Å². The summed E-state index contributed by atoms with van der Waals surface area (Å²) in [6, 6.07) is 83.9. The van der Waals surface area contributed by atoms with Crippen molar-refractivity contribution in [2.75, 3.05) is 0 Å². The summed E-state index contributed by atoms with van der Waals surface area (Å²) in [5, 5.41) is 11.3. The zero-order valence-corrected chi connectivity index (χ0v) is 41.8. The molecule has 0 atom stereocenters. The normalized spacial score (nSPS) is 12.2. The van der Waals surface area contributed by atoms with E-state index in [1.54, 1.807) is 11.3 Å². The maximum Gasteiger partial charge on any atom is 0.238 e. The van der Waals surface area contributed by atoms with Gasteiger partial charge >= 0.3 is 0 Å². The molecule has 0 saturated heterocycles. The Bertz CT molecular complexity index is 5250. The Kier molecular flexibility index (Phi) is 8.87. The minimum absolute atomic E-state index is 0.549. The van der Waals surface area contributed by atoms with Gasteiger partial charge in [-0.1, -0.05) is 158 Å². The molecule has 0 amide bonds. The Labute approximate surface area is 442 Å². The van der Waals surface area contributed by atoms with Crippen molar-refractivity contribution >= 4 is 119 Å². The quantitative estimate of drug-likeness (QED) is 0.166. The summed E-state index contributed by atoms with van der Waals surface area (Å²) >= 11 is 1.79. The number of thiophene rings is 1. The zero-order valence-electron chi connectivity index (χ0n) is 41.0. The lowest BCUT2D eigenvalue weighted by atomic mass is 9.99. The summed E-state index contributed by atoms with van der Waals surface area (Å²) < 4.78 is 20.1. The molecule has 8 heteroatoms. The predicted molar refractivity (Wildman–Crippen MR) is 318 cm³/mol. The van der Waals surface area contributed by atoms with Gasteiger partial charge in [0, 0.05) is 85.6 Å². The molecule has 17 rings (SSSR count). The first-order valence-electron chi connectivity index (χ1n) is 25.8. The van der Waals surface area contributed by atoms with Crippen LogP contribution in [0.5, 0.6) is 0 Å². The molecule has 11 aromatic carbocycles. The van der Waals surface area contributed by atoms with E-state index in [0.29, 0.717) is 17.6 Å². The zero-order chi connectivity index (χ0) is 50.3. The molecule has 0 aliphatic rings. The monoisotopic (exact) mass is 1000 g/mol. The third-order valence-electron chi connectivity index (χ3n) is 15.6. The van der Waals surface area contributed by atoms with Crippen molar-refractivity contribution in [3.8, 4) is 56.7 Å². The molecule has 6 aromatic heterocycles. The van der Waals surface area contributed by atoms with E-state index < -0.39 is 0 Å². The van der Waals surface area contributed by atoms with Crippen LogP contribution in [0.1, 0.15) is 0 Å². The highest BCUT2D eigenvalue weighted by Crippen LogP contribution is 2.43. The molecule has 0 radical (unpaired) electrons. The maximum atomic E-state index is 6.68. The maximum absolute atomic E-state index is 6.68. The van der Waals surface area contributed by atoms with Crippen molar-refractivity contribution in [2.24, 2.45) is 0 Å². The average molecular weight is 1000 g/mol. The summed E-state index contributed by atoms with van der Waals surface area (Å²) in [6.45, 7) is 0. The lowest BCUT2D eigenvalue weighted by Gasteiger charge is -2.11. The minimum atomic E-state index is 0.549. The van der Waals surface area contributed by atoms with Crippen LogP contribution in [0.15, 0.2) is 245 Å². The Morgan fingerprint density at radius 2 is 0.870 bits per heavy atom. The predicted octanol–water partition coefficient (Wildman–Crippen LogP) is 18.9. The van der Waals surface area contributed by atoms with Gasteiger partial charge in [-0.15, -0.1) is 11.3 Å². The highest BCUT2D eigenvalue weighted by atomic mass is 32.1. The number of benzene rings is 11. The summed E-state index contributed by atoms with van der Waals surface area (Å²) in [5.74, 6) is 1.71. The van der Waals surface area contributed by atoms with E-state index in [4.69, 9.17) is 23.8 Å². The van der Waals surface area contributed by atoms with Gasteiger partial charge in [0.25, 0.3) is 0 Å². The molecule has 358 valence electrons. The Balaban J connectivity index is 0.807. The van der Waals surface area contributed by atoms with Crippen LogP contribution < -0.4 is 0 Å². The number of nitrogens with zero attached hydrogens (tertiary/aromatic N) is 5. The SMILES string of the molecule is c1ccc2c(c1)oc1c(-c3ccc(-n4c5ccccc5c5cc(-c6ccc7oc8cccc(-c9nc(-c%10ccc%11c(c%10)sc%10ccccc%10%11)nc(-n%10c%11ccccc%11c%11ccccc%11%10)n9)c8c7c6)ccc54)cc3)cccc12. The first-order chi connectivity index (χ1) is 38.1. The number of aromatic nitrogens is 5. The lowest BCUT2D eigenvalue weighted by molar-refractivity contribution is 0.669. The smallest absolute Gasteiger partial charge is 0.238 e. The lowest BCUT2D eigenvalue weighted by Crippen LogP contribution is -2.06. The molecule has 77 heavy (non-hydrogen) atoms. The Hall–Kier alpha value is -10.2.